The lowest BCUT2D eigenvalue weighted by Gasteiger charge is -2.18. The van der Waals surface area contributed by atoms with Crippen LogP contribution in [0.15, 0.2) is 60.8 Å². The Morgan fingerprint density at radius 1 is 0.253 bits per heavy atom. The topological polar surface area (TPSA) is 78.9 Å². The molecule has 0 N–H and O–H groups in total. The zero-order valence-corrected chi connectivity index (χ0v) is 55.7. The average molecular weight is 1160 g/mol. The lowest BCUT2D eigenvalue weighted by Crippen LogP contribution is -2.30. The van der Waals surface area contributed by atoms with Gasteiger partial charge in [0.05, 0.1) is 0 Å². The average Bonchev–Trinajstić information content (AvgIpc) is 3.49. The zero-order valence-electron chi connectivity index (χ0n) is 55.7. The highest BCUT2D eigenvalue weighted by Crippen LogP contribution is 2.19. The van der Waals surface area contributed by atoms with Crippen molar-refractivity contribution in [1.82, 2.24) is 0 Å². The zero-order chi connectivity index (χ0) is 59.9. The molecule has 0 aliphatic carbocycles. The number of carbonyl (C=O) groups excluding carboxylic acids is 3. The summed E-state index contributed by atoms with van der Waals surface area (Å²) in [5.74, 6) is -0.918. The van der Waals surface area contributed by atoms with Gasteiger partial charge in [-0.1, -0.05) is 351 Å². The Bertz CT molecular complexity index is 1470. The molecule has 0 saturated carbocycles. The van der Waals surface area contributed by atoms with Crippen molar-refractivity contribution in [1.29, 1.82) is 0 Å². The van der Waals surface area contributed by atoms with Gasteiger partial charge in [-0.05, 0) is 83.5 Å². The first-order valence-corrected chi connectivity index (χ1v) is 36.8. The number of allylic oxidation sites excluding steroid dienone is 10. The van der Waals surface area contributed by atoms with Gasteiger partial charge in [-0.25, -0.2) is 0 Å². The molecular formula is C77H140O6. The molecule has 0 saturated heterocycles. The summed E-state index contributed by atoms with van der Waals surface area (Å²) >= 11 is 0. The van der Waals surface area contributed by atoms with Crippen LogP contribution in [0.2, 0.25) is 0 Å². The van der Waals surface area contributed by atoms with Gasteiger partial charge >= 0.3 is 17.9 Å². The smallest absolute Gasteiger partial charge is 0.306 e. The number of hydrogen-bond donors (Lipinski definition) is 0. The second-order valence-electron chi connectivity index (χ2n) is 24.8. The van der Waals surface area contributed by atoms with E-state index in [1.54, 1.807) is 0 Å². The fourth-order valence-electron chi connectivity index (χ4n) is 11.0. The number of carbonyl (C=O) groups is 3. The molecule has 1 atom stereocenters. The number of rotatable bonds is 68. The monoisotopic (exact) mass is 1160 g/mol. The summed E-state index contributed by atoms with van der Waals surface area (Å²) in [7, 11) is 0. The summed E-state index contributed by atoms with van der Waals surface area (Å²) in [4.78, 5) is 38.4. The van der Waals surface area contributed by atoms with Crippen LogP contribution in [0.1, 0.15) is 393 Å². The van der Waals surface area contributed by atoms with Gasteiger partial charge in [-0.2, -0.15) is 0 Å². The molecule has 0 amide bonds. The molecule has 0 spiro atoms. The van der Waals surface area contributed by atoms with Crippen LogP contribution in [-0.2, 0) is 28.6 Å². The van der Waals surface area contributed by atoms with E-state index in [4.69, 9.17) is 14.2 Å². The van der Waals surface area contributed by atoms with E-state index in [1.165, 1.54) is 257 Å². The summed E-state index contributed by atoms with van der Waals surface area (Å²) in [5, 5.41) is 0. The van der Waals surface area contributed by atoms with Crippen LogP contribution in [0.25, 0.3) is 0 Å². The molecule has 83 heavy (non-hydrogen) atoms. The van der Waals surface area contributed by atoms with Crippen LogP contribution < -0.4 is 0 Å². The fraction of sp³-hybridized carbons (Fsp3) is 0.831. The van der Waals surface area contributed by atoms with Crippen LogP contribution in [0.5, 0.6) is 0 Å². The first kappa shape index (κ1) is 80.1. The maximum atomic E-state index is 12.9. The lowest BCUT2D eigenvalue weighted by molar-refractivity contribution is -0.167. The van der Waals surface area contributed by atoms with E-state index in [1.807, 2.05) is 0 Å². The van der Waals surface area contributed by atoms with Gasteiger partial charge in [-0.3, -0.25) is 14.4 Å². The molecule has 0 aliphatic heterocycles. The molecule has 6 nitrogen and oxygen atoms in total. The van der Waals surface area contributed by atoms with Crippen molar-refractivity contribution >= 4 is 17.9 Å². The molecule has 0 aromatic carbocycles. The Kier molecular flexibility index (Phi) is 69.1. The quantitative estimate of drug-likeness (QED) is 0.0261. The van der Waals surface area contributed by atoms with E-state index in [0.717, 1.165) is 96.3 Å². The number of unbranched alkanes of at least 4 members (excludes halogenated alkanes) is 47. The van der Waals surface area contributed by atoms with Crippen molar-refractivity contribution in [2.24, 2.45) is 0 Å². The minimum absolute atomic E-state index is 0.0875. The molecule has 6 heteroatoms. The normalized spacial score (nSPS) is 12.4. The van der Waals surface area contributed by atoms with Crippen LogP contribution >= 0.6 is 0 Å². The van der Waals surface area contributed by atoms with Crippen LogP contribution in [0, 0.1) is 0 Å². The molecule has 0 rings (SSSR count). The lowest BCUT2D eigenvalue weighted by atomic mass is 10.0. The van der Waals surface area contributed by atoms with Gasteiger partial charge in [0.2, 0.25) is 0 Å². The van der Waals surface area contributed by atoms with Crippen molar-refractivity contribution in [3.63, 3.8) is 0 Å². The first-order chi connectivity index (χ1) is 41.0. The van der Waals surface area contributed by atoms with Crippen LogP contribution in [0.3, 0.4) is 0 Å². The number of esters is 3. The van der Waals surface area contributed by atoms with E-state index >= 15 is 0 Å². The summed E-state index contributed by atoms with van der Waals surface area (Å²) < 4.78 is 16.9. The van der Waals surface area contributed by atoms with Gasteiger partial charge in [-0.15, -0.1) is 0 Å². The van der Waals surface area contributed by atoms with Crippen molar-refractivity contribution in [2.45, 2.75) is 399 Å². The SMILES string of the molecule is CC/C=C\C/C=C\C/C=C\C/C=C\CCCCC(=O)OCC(COC(=O)CCCCCCCCCCCCCCCCCCCCCCCCCCCCCCCCCCCC)OC(=O)CCCCCCC/C=C\CCCCCCCCC. The Labute approximate surface area is 517 Å². The van der Waals surface area contributed by atoms with E-state index in [2.05, 4.69) is 81.5 Å². The van der Waals surface area contributed by atoms with Crippen molar-refractivity contribution < 1.29 is 28.6 Å². The molecule has 0 fully saturated rings. The van der Waals surface area contributed by atoms with E-state index in [-0.39, 0.29) is 31.1 Å². The van der Waals surface area contributed by atoms with E-state index in [0.29, 0.717) is 19.3 Å². The highest BCUT2D eigenvalue weighted by atomic mass is 16.6. The van der Waals surface area contributed by atoms with E-state index in [9.17, 15) is 14.4 Å². The second-order valence-corrected chi connectivity index (χ2v) is 24.8. The molecule has 484 valence electrons. The molecule has 0 aliphatic rings. The third kappa shape index (κ3) is 69.8. The highest BCUT2D eigenvalue weighted by molar-refractivity contribution is 5.71. The molecule has 0 heterocycles. The summed E-state index contributed by atoms with van der Waals surface area (Å²) in [6, 6.07) is 0. The molecule has 0 radical (unpaired) electrons. The fourth-order valence-corrected chi connectivity index (χ4v) is 11.0. The Hall–Kier alpha value is -2.89. The highest BCUT2D eigenvalue weighted by Gasteiger charge is 2.19. The number of hydrogen-bond acceptors (Lipinski definition) is 6. The minimum atomic E-state index is -0.796. The van der Waals surface area contributed by atoms with Crippen molar-refractivity contribution in [2.75, 3.05) is 13.2 Å². The van der Waals surface area contributed by atoms with Gasteiger partial charge in [0.25, 0.3) is 0 Å². The Balaban J connectivity index is 4.13. The summed E-state index contributed by atoms with van der Waals surface area (Å²) in [6.45, 7) is 6.54. The first-order valence-electron chi connectivity index (χ1n) is 36.8. The Morgan fingerprint density at radius 3 is 0.771 bits per heavy atom. The van der Waals surface area contributed by atoms with Gasteiger partial charge < -0.3 is 14.2 Å². The second kappa shape index (κ2) is 71.6. The minimum Gasteiger partial charge on any atom is -0.462 e. The molecule has 0 aromatic rings. The Morgan fingerprint density at radius 2 is 0.470 bits per heavy atom. The van der Waals surface area contributed by atoms with Gasteiger partial charge in [0.1, 0.15) is 13.2 Å². The van der Waals surface area contributed by atoms with Crippen LogP contribution in [0.4, 0.5) is 0 Å². The van der Waals surface area contributed by atoms with Crippen molar-refractivity contribution in [3.05, 3.63) is 60.8 Å². The predicted octanol–water partition coefficient (Wildman–Crippen LogP) is 25.5. The third-order valence-electron chi connectivity index (χ3n) is 16.5. The predicted molar refractivity (Wildman–Crippen MR) is 362 cm³/mol. The standard InChI is InChI=1S/C77H140O6/c1-4-7-10-13-16-19-22-25-28-30-31-32-33-34-35-36-37-38-39-40-41-42-43-44-45-46-47-50-52-55-58-61-64-67-70-76(79)82-73-74(72-81-75(78)69-66-63-60-57-54-51-48-27-24-21-18-15-12-9-6-3)83-77(80)71-68-65-62-59-56-53-49-29-26-23-20-17-14-11-8-5-2/h9,12,18,21,27,29,48-49,54,57,74H,4-8,10-11,13-17,19-20,22-26,28,30-47,50-53,55-56,58-73H2,1-3H3/b12-9-,21-18-,48-27-,49-29-,57-54-. The summed E-state index contributed by atoms with van der Waals surface area (Å²) in [5.41, 5.74) is 0. The molecule has 0 bridgehead atoms. The molecule has 0 aromatic heterocycles. The van der Waals surface area contributed by atoms with Crippen LogP contribution in [-0.4, -0.2) is 37.2 Å². The largest absolute Gasteiger partial charge is 0.462 e. The molecular weight excluding hydrogens is 1020 g/mol. The number of ether oxygens (including phenoxy) is 3. The molecule has 1 unspecified atom stereocenters. The van der Waals surface area contributed by atoms with Gasteiger partial charge in [0.15, 0.2) is 6.10 Å². The maximum Gasteiger partial charge on any atom is 0.306 e. The van der Waals surface area contributed by atoms with E-state index < -0.39 is 6.10 Å². The van der Waals surface area contributed by atoms with Gasteiger partial charge in [0, 0.05) is 19.3 Å². The summed E-state index contributed by atoms with van der Waals surface area (Å²) in [6.07, 6.45) is 92.9. The van der Waals surface area contributed by atoms with Crippen molar-refractivity contribution in [3.8, 4) is 0 Å². The maximum absolute atomic E-state index is 12.9. The third-order valence-corrected chi connectivity index (χ3v) is 16.5.